The average molecular weight is 378 g/mol. The summed E-state index contributed by atoms with van der Waals surface area (Å²) in [4.78, 5) is 44.0. The van der Waals surface area contributed by atoms with Gasteiger partial charge in [-0.25, -0.2) is 4.79 Å². The van der Waals surface area contributed by atoms with Gasteiger partial charge in [0, 0.05) is 31.7 Å². The van der Waals surface area contributed by atoms with Crippen LogP contribution in [0.15, 0.2) is 59.4 Å². The summed E-state index contributed by atoms with van der Waals surface area (Å²) in [7, 11) is 0. The van der Waals surface area contributed by atoms with Gasteiger partial charge in [0.25, 0.3) is 5.91 Å². The Bertz CT molecular complexity index is 1050. The van der Waals surface area contributed by atoms with Crippen LogP contribution < -0.4 is 5.69 Å². The van der Waals surface area contributed by atoms with Gasteiger partial charge in [0.15, 0.2) is 0 Å². The Hall–Kier alpha value is -3.35. The molecule has 0 unspecified atom stereocenters. The number of nitrogens with zero attached hydrogens (tertiary/aromatic N) is 3. The van der Waals surface area contributed by atoms with E-state index in [1.807, 2.05) is 42.5 Å². The van der Waals surface area contributed by atoms with E-state index in [0.29, 0.717) is 38.2 Å². The number of rotatable bonds is 3. The number of fused-ring (bicyclic) bond motifs is 1. The molecule has 1 aliphatic heterocycles. The van der Waals surface area contributed by atoms with Crippen molar-refractivity contribution in [2.24, 2.45) is 0 Å². The van der Waals surface area contributed by atoms with Crippen LogP contribution in [0, 0.1) is 0 Å². The molecule has 2 amide bonds. The molecule has 0 bridgehead atoms. The molecule has 7 heteroatoms. The number of carbonyl (C=O) groups is 2. The molecule has 28 heavy (non-hydrogen) atoms. The minimum Gasteiger partial charge on any atom is -0.339 e. The Balaban J connectivity index is 1.44. The third kappa shape index (κ3) is 3.55. The number of amides is 2. The molecule has 0 spiro atoms. The van der Waals surface area contributed by atoms with E-state index in [1.165, 1.54) is 4.57 Å². The van der Waals surface area contributed by atoms with E-state index in [-0.39, 0.29) is 24.0 Å². The zero-order valence-electron chi connectivity index (χ0n) is 15.5. The molecular weight excluding hydrogens is 356 g/mol. The quantitative estimate of drug-likeness (QED) is 0.754. The number of H-pyrrole nitrogens is 1. The highest BCUT2D eigenvalue weighted by atomic mass is 16.2. The number of benzene rings is 2. The van der Waals surface area contributed by atoms with Gasteiger partial charge < -0.3 is 14.8 Å². The predicted molar refractivity (Wildman–Crippen MR) is 106 cm³/mol. The van der Waals surface area contributed by atoms with E-state index in [2.05, 4.69) is 4.98 Å². The molecule has 0 radical (unpaired) electrons. The number of aromatic amines is 1. The number of aromatic nitrogens is 2. The van der Waals surface area contributed by atoms with Gasteiger partial charge in [0.05, 0.1) is 11.0 Å². The number of nitrogens with one attached hydrogen (secondary N) is 1. The standard InChI is InChI=1S/C21H22N4O3/c26-19(15-25-18-10-5-4-9-17(18)22-21(25)28)23-11-6-12-24(14-13-23)20(27)16-7-2-1-3-8-16/h1-5,7-10H,6,11-15H2,(H,22,28). The zero-order chi connectivity index (χ0) is 19.5. The van der Waals surface area contributed by atoms with Crippen molar-refractivity contribution < 1.29 is 9.59 Å². The Labute approximate surface area is 162 Å². The fourth-order valence-corrected chi connectivity index (χ4v) is 3.63. The first-order valence-corrected chi connectivity index (χ1v) is 9.43. The topological polar surface area (TPSA) is 78.4 Å². The molecular formula is C21H22N4O3. The number of para-hydroxylation sites is 2. The van der Waals surface area contributed by atoms with Crippen LogP contribution in [0.2, 0.25) is 0 Å². The molecule has 3 aromatic rings. The van der Waals surface area contributed by atoms with Crippen molar-refractivity contribution in [3.8, 4) is 0 Å². The fraction of sp³-hybridized carbons (Fsp3) is 0.286. The van der Waals surface area contributed by atoms with Gasteiger partial charge in [-0.1, -0.05) is 30.3 Å². The van der Waals surface area contributed by atoms with Crippen LogP contribution >= 0.6 is 0 Å². The molecule has 0 saturated carbocycles. The van der Waals surface area contributed by atoms with Gasteiger partial charge in [-0.3, -0.25) is 14.2 Å². The van der Waals surface area contributed by atoms with Crippen molar-refractivity contribution in [1.29, 1.82) is 0 Å². The Kier molecular flexibility index (Phi) is 4.97. The van der Waals surface area contributed by atoms with Gasteiger partial charge in [-0.15, -0.1) is 0 Å². The summed E-state index contributed by atoms with van der Waals surface area (Å²) in [5, 5.41) is 0. The molecule has 1 fully saturated rings. The number of carbonyl (C=O) groups excluding carboxylic acids is 2. The van der Waals surface area contributed by atoms with Crippen LogP contribution in [-0.4, -0.2) is 57.3 Å². The van der Waals surface area contributed by atoms with E-state index in [0.717, 1.165) is 11.0 Å². The minimum absolute atomic E-state index is 0.00449. The van der Waals surface area contributed by atoms with Crippen molar-refractivity contribution in [2.75, 3.05) is 26.2 Å². The lowest BCUT2D eigenvalue weighted by Crippen LogP contribution is -2.39. The van der Waals surface area contributed by atoms with E-state index in [1.54, 1.807) is 21.9 Å². The van der Waals surface area contributed by atoms with Crippen molar-refractivity contribution in [2.45, 2.75) is 13.0 Å². The predicted octanol–water partition coefficient (Wildman–Crippen LogP) is 1.70. The summed E-state index contributed by atoms with van der Waals surface area (Å²) in [6.45, 7) is 2.14. The van der Waals surface area contributed by atoms with Crippen molar-refractivity contribution in [3.63, 3.8) is 0 Å². The third-order valence-corrected chi connectivity index (χ3v) is 5.13. The molecule has 1 aromatic heterocycles. The van der Waals surface area contributed by atoms with Crippen LogP contribution in [-0.2, 0) is 11.3 Å². The first-order valence-electron chi connectivity index (χ1n) is 9.43. The normalized spacial score (nSPS) is 14.9. The van der Waals surface area contributed by atoms with E-state index in [9.17, 15) is 14.4 Å². The summed E-state index contributed by atoms with van der Waals surface area (Å²) in [6.07, 6.45) is 0.715. The molecule has 7 nitrogen and oxygen atoms in total. The molecule has 0 atom stereocenters. The first kappa shape index (κ1) is 18.0. The summed E-state index contributed by atoms with van der Waals surface area (Å²) in [5.74, 6) is -0.122. The van der Waals surface area contributed by atoms with Gasteiger partial charge in [0.2, 0.25) is 5.91 Å². The molecule has 1 N–H and O–H groups in total. The lowest BCUT2D eigenvalue weighted by atomic mass is 10.2. The molecule has 4 rings (SSSR count). The smallest absolute Gasteiger partial charge is 0.326 e. The third-order valence-electron chi connectivity index (χ3n) is 5.13. The van der Waals surface area contributed by atoms with E-state index in [4.69, 9.17) is 0 Å². The number of hydrogen-bond donors (Lipinski definition) is 1. The molecule has 0 aliphatic carbocycles. The van der Waals surface area contributed by atoms with Crippen molar-refractivity contribution in [3.05, 3.63) is 70.6 Å². The van der Waals surface area contributed by atoms with Crippen molar-refractivity contribution >= 4 is 22.8 Å². The van der Waals surface area contributed by atoms with Crippen LogP contribution in [0.5, 0.6) is 0 Å². The van der Waals surface area contributed by atoms with Crippen LogP contribution in [0.1, 0.15) is 16.8 Å². The molecule has 1 saturated heterocycles. The van der Waals surface area contributed by atoms with Gasteiger partial charge >= 0.3 is 5.69 Å². The highest BCUT2D eigenvalue weighted by Crippen LogP contribution is 2.12. The maximum absolute atomic E-state index is 12.8. The second-order valence-corrected chi connectivity index (χ2v) is 6.93. The summed E-state index contributed by atoms with van der Waals surface area (Å²) >= 11 is 0. The zero-order valence-corrected chi connectivity index (χ0v) is 15.5. The second kappa shape index (κ2) is 7.72. The maximum atomic E-state index is 12.8. The first-order chi connectivity index (χ1) is 13.6. The Morgan fingerprint density at radius 3 is 2.36 bits per heavy atom. The fourth-order valence-electron chi connectivity index (χ4n) is 3.63. The van der Waals surface area contributed by atoms with Crippen LogP contribution in [0.3, 0.4) is 0 Å². The minimum atomic E-state index is -0.287. The number of hydrogen-bond acceptors (Lipinski definition) is 3. The van der Waals surface area contributed by atoms with E-state index < -0.39 is 0 Å². The Morgan fingerprint density at radius 2 is 1.54 bits per heavy atom. The monoisotopic (exact) mass is 378 g/mol. The van der Waals surface area contributed by atoms with Crippen LogP contribution in [0.25, 0.3) is 11.0 Å². The summed E-state index contributed by atoms with van der Waals surface area (Å²) < 4.78 is 1.47. The van der Waals surface area contributed by atoms with E-state index >= 15 is 0 Å². The average Bonchev–Trinajstić information content (AvgIpc) is 2.89. The summed E-state index contributed by atoms with van der Waals surface area (Å²) in [5.41, 5.74) is 1.81. The van der Waals surface area contributed by atoms with Gasteiger partial charge in [0.1, 0.15) is 6.54 Å². The summed E-state index contributed by atoms with van der Waals surface area (Å²) in [6, 6.07) is 16.5. The largest absolute Gasteiger partial charge is 0.339 e. The lowest BCUT2D eigenvalue weighted by molar-refractivity contribution is -0.131. The Morgan fingerprint density at radius 1 is 0.857 bits per heavy atom. The molecule has 144 valence electrons. The molecule has 2 aromatic carbocycles. The highest BCUT2D eigenvalue weighted by molar-refractivity contribution is 5.94. The molecule has 2 heterocycles. The highest BCUT2D eigenvalue weighted by Gasteiger charge is 2.23. The number of imidazole rings is 1. The van der Waals surface area contributed by atoms with Crippen molar-refractivity contribution in [1.82, 2.24) is 19.4 Å². The van der Waals surface area contributed by atoms with Gasteiger partial charge in [-0.2, -0.15) is 0 Å². The molecule has 1 aliphatic rings. The SMILES string of the molecule is O=C(Cn1c(=O)[nH]c2ccccc21)N1CCCN(C(=O)c2ccccc2)CC1. The lowest BCUT2D eigenvalue weighted by Gasteiger charge is -2.22. The van der Waals surface area contributed by atoms with Crippen LogP contribution in [0.4, 0.5) is 0 Å². The maximum Gasteiger partial charge on any atom is 0.326 e. The second-order valence-electron chi connectivity index (χ2n) is 6.93. The van der Waals surface area contributed by atoms with Gasteiger partial charge in [-0.05, 0) is 30.7 Å².